The fourth-order valence-electron chi connectivity index (χ4n) is 3.68. The molecule has 2 amide bonds. The summed E-state index contributed by atoms with van der Waals surface area (Å²) in [5.74, 6) is 0.477. The number of aryl methyl sites for hydroxylation is 1. The summed E-state index contributed by atoms with van der Waals surface area (Å²) in [5.41, 5.74) is 3.07. The van der Waals surface area contributed by atoms with Crippen molar-refractivity contribution < 1.29 is 14.3 Å². The Bertz CT molecular complexity index is 1030. The molecule has 4 rings (SSSR count). The highest BCUT2D eigenvalue weighted by Gasteiger charge is 2.26. The number of ether oxygens (including phenoxy) is 1. The first-order valence-corrected chi connectivity index (χ1v) is 10.9. The van der Waals surface area contributed by atoms with E-state index in [1.807, 2.05) is 42.5 Å². The maximum absolute atomic E-state index is 12.8. The molecule has 5 nitrogen and oxygen atoms in total. The Morgan fingerprint density at radius 1 is 1.13 bits per heavy atom. The van der Waals surface area contributed by atoms with Gasteiger partial charge in [0.05, 0.1) is 11.7 Å². The Labute approximate surface area is 180 Å². The van der Waals surface area contributed by atoms with Gasteiger partial charge in [0.15, 0.2) is 6.61 Å². The van der Waals surface area contributed by atoms with Gasteiger partial charge in [0.1, 0.15) is 5.75 Å². The van der Waals surface area contributed by atoms with Crippen molar-refractivity contribution in [3.63, 3.8) is 0 Å². The molecule has 1 aromatic heterocycles. The number of hydrogen-bond acceptors (Lipinski definition) is 4. The van der Waals surface area contributed by atoms with Crippen LogP contribution in [-0.2, 0) is 16.0 Å². The van der Waals surface area contributed by atoms with E-state index in [4.69, 9.17) is 4.74 Å². The number of carbonyl (C=O) groups excluding carboxylic acids is 2. The van der Waals surface area contributed by atoms with Crippen molar-refractivity contribution in [1.29, 1.82) is 0 Å². The standard InChI is InChI=1S/C24H24N2O3S/c1-17-12-14-30-24(17)19(15-18-7-3-2-4-8-18)25-22(27)11-13-26-20-9-5-6-10-21(20)29-16-23(26)28/h2-10,12,14,19H,11,13,15-16H2,1H3,(H,25,27). The third-order valence-electron chi connectivity index (χ3n) is 5.21. The second-order valence-corrected chi connectivity index (χ2v) is 8.28. The predicted octanol–water partition coefficient (Wildman–Crippen LogP) is 4.27. The molecule has 1 atom stereocenters. The lowest BCUT2D eigenvalue weighted by Crippen LogP contribution is -2.41. The normalized spacial score (nSPS) is 14.0. The maximum atomic E-state index is 12.8. The quantitative estimate of drug-likeness (QED) is 0.621. The molecule has 1 aliphatic rings. The summed E-state index contributed by atoms with van der Waals surface area (Å²) >= 11 is 1.66. The van der Waals surface area contributed by atoms with Gasteiger partial charge in [0, 0.05) is 17.8 Å². The number of nitrogens with zero attached hydrogens (tertiary/aromatic N) is 1. The lowest BCUT2D eigenvalue weighted by atomic mass is 10.0. The number of nitrogens with one attached hydrogen (secondary N) is 1. The van der Waals surface area contributed by atoms with E-state index in [-0.39, 0.29) is 30.9 Å². The van der Waals surface area contributed by atoms with Crippen molar-refractivity contribution in [2.75, 3.05) is 18.1 Å². The molecular formula is C24H24N2O3S. The van der Waals surface area contributed by atoms with Crippen LogP contribution in [0.5, 0.6) is 5.75 Å². The number of thiophene rings is 1. The van der Waals surface area contributed by atoms with Gasteiger partial charge in [0.2, 0.25) is 5.91 Å². The molecule has 0 radical (unpaired) electrons. The molecule has 0 fully saturated rings. The van der Waals surface area contributed by atoms with Crippen LogP contribution in [0.1, 0.15) is 28.5 Å². The van der Waals surface area contributed by atoms with Crippen LogP contribution in [0.3, 0.4) is 0 Å². The molecule has 0 aliphatic carbocycles. The van der Waals surface area contributed by atoms with Gasteiger partial charge in [-0.2, -0.15) is 0 Å². The molecule has 0 saturated carbocycles. The highest BCUT2D eigenvalue weighted by molar-refractivity contribution is 7.10. The molecule has 0 spiro atoms. The molecule has 0 bridgehead atoms. The van der Waals surface area contributed by atoms with Gasteiger partial charge in [-0.15, -0.1) is 11.3 Å². The summed E-state index contributed by atoms with van der Waals surface area (Å²) in [5, 5.41) is 5.24. The molecule has 6 heteroatoms. The number of benzene rings is 2. The number of fused-ring (bicyclic) bond motifs is 1. The highest BCUT2D eigenvalue weighted by Crippen LogP contribution is 2.31. The van der Waals surface area contributed by atoms with Crippen molar-refractivity contribution in [1.82, 2.24) is 5.32 Å². The number of amides is 2. The lowest BCUT2D eigenvalue weighted by Gasteiger charge is -2.29. The van der Waals surface area contributed by atoms with Gasteiger partial charge in [-0.3, -0.25) is 9.59 Å². The first-order chi connectivity index (χ1) is 14.6. The van der Waals surface area contributed by atoms with Gasteiger partial charge in [-0.25, -0.2) is 0 Å². The minimum Gasteiger partial charge on any atom is -0.482 e. The van der Waals surface area contributed by atoms with E-state index in [1.165, 1.54) is 16.0 Å². The van der Waals surface area contributed by atoms with Crippen LogP contribution in [0.25, 0.3) is 0 Å². The van der Waals surface area contributed by atoms with Crippen LogP contribution in [0.15, 0.2) is 66.0 Å². The van der Waals surface area contributed by atoms with Crippen molar-refractivity contribution in [3.8, 4) is 5.75 Å². The zero-order valence-electron chi connectivity index (χ0n) is 16.8. The lowest BCUT2D eigenvalue weighted by molar-refractivity contribution is -0.122. The van der Waals surface area contributed by atoms with Crippen molar-refractivity contribution >= 4 is 28.8 Å². The molecule has 30 heavy (non-hydrogen) atoms. The zero-order chi connectivity index (χ0) is 20.9. The Kier molecular flexibility index (Phi) is 6.14. The minimum atomic E-state index is -0.128. The number of hydrogen-bond donors (Lipinski definition) is 1. The van der Waals surface area contributed by atoms with Gasteiger partial charge >= 0.3 is 0 Å². The van der Waals surface area contributed by atoms with E-state index in [0.717, 1.165) is 12.1 Å². The van der Waals surface area contributed by atoms with E-state index in [1.54, 1.807) is 16.2 Å². The molecule has 2 heterocycles. The monoisotopic (exact) mass is 420 g/mol. The number of rotatable bonds is 7. The van der Waals surface area contributed by atoms with E-state index >= 15 is 0 Å². The summed E-state index contributed by atoms with van der Waals surface area (Å²) < 4.78 is 5.48. The van der Waals surface area contributed by atoms with Gasteiger partial charge in [-0.1, -0.05) is 42.5 Å². The van der Waals surface area contributed by atoms with Crippen LogP contribution in [0.4, 0.5) is 5.69 Å². The molecule has 0 saturated heterocycles. The Morgan fingerprint density at radius 2 is 1.90 bits per heavy atom. The van der Waals surface area contributed by atoms with Crippen LogP contribution < -0.4 is 15.0 Å². The number of carbonyl (C=O) groups is 2. The average Bonchev–Trinajstić information content (AvgIpc) is 3.19. The van der Waals surface area contributed by atoms with Crippen molar-refractivity contribution in [2.45, 2.75) is 25.8 Å². The number of para-hydroxylation sites is 2. The second-order valence-electron chi connectivity index (χ2n) is 7.33. The Balaban J connectivity index is 1.44. The van der Waals surface area contributed by atoms with E-state index in [0.29, 0.717) is 12.3 Å². The summed E-state index contributed by atoms with van der Waals surface area (Å²) in [6.45, 7) is 2.40. The van der Waals surface area contributed by atoms with E-state index in [2.05, 4.69) is 35.8 Å². The number of anilines is 1. The van der Waals surface area contributed by atoms with Crippen LogP contribution in [0, 0.1) is 6.92 Å². The third-order valence-corrected chi connectivity index (χ3v) is 6.34. The molecule has 1 aliphatic heterocycles. The van der Waals surface area contributed by atoms with Crippen LogP contribution in [0.2, 0.25) is 0 Å². The fraction of sp³-hybridized carbons (Fsp3) is 0.250. The first-order valence-electron chi connectivity index (χ1n) is 10.0. The molecule has 1 N–H and O–H groups in total. The molecule has 2 aromatic carbocycles. The molecule has 3 aromatic rings. The smallest absolute Gasteiger partial charge is 0.265 e. The first kappa shape index (κ1) is 20.2. The molecule has 1 unspecified atom stereocenters. The van der Waals surface area contributed by atoms with Gasteiger partial charge < -0.3 is 15.0 Å². The summed E-state index contributed by atoms with van der Waals surface area (Å²) in [6, 6.07) is 19.6. The Morgan fingerprint density at radius 3 is 2.67 bits per heavy atom. The predicted molar refractivity (Wildman–Crippen MR) is 119 cm³/mol. The van der Waals surface area contributed by atoms with E-state index in [9.17, 15) is 9.59 Å². The van der Waals surface area contributed by atoms with Crippen molar-refractivity contribution in [3.05, 3.63) is 82.0 Å². The molecule has 154 valence electrons. The van der Waals surface area contributed by atoms with E-state index < -0.39 is 0 Å². The van der Waals surface area contributed by atoms with Gasteiger partial charge in [0.25, 0.3) is 5.91 Å². The topological polar surface area (TPSA) is 58.6 Å². The summed E-state index contributed by atoms with van der Waals surface area (Å²) in [6.07, 6.45) is 0.961. The fourth-order valence-corrected chi connectivity index (χ4v) is 4.66. The Hall–Kier alpha value is -3.12. The summed E-state index contributed by atoms with van der Waals surface area (Å²) in [7, 11) is 0. The molecular weight excluding hydrogens is 396 g/mol. The zero-order valence-corrected chi connectivity index (χ0v) is 17.7. The van der Waals surface area contributed by atoms with Crippen LogP contribution in [-0.4, -0.2) is 25.0 Å². The SMILES string of the molecule is Cc1ccsc1C(Cc1ccccc1)NC(=O)CCN1C(=O)COc2ccccc21. The maximum Gasteiger partial charge on any atom is 0.265 e. The highest BCUT2D eigenvalue weighted by atomic mass is 32.1. The van der Waals surface area contributed by atoms with Gasteiger partial charge in [-0.05, 0) is 48.1 Å². The summed E-state index contributed by atoms with van der Waals surface area (Å²) in [4.78, 5) is 28.0. The van der Waals surface area contributed by atoms with Crippen LogP contribution >= 0.6 is 11.3 Å². The minimum absolute atomic E-state index is 0.00363. The largest absolute Gasteiger partial charge is 0.482 e. The second kappa shape index (κ2) is 9.13. The third kappa shape index (κ3) is 4.54. The average molecular weight is 421 g/mol. The van der Waals surface area contributed by atoms with Crippen molar-refractivity contribution in [2.24, 2.45) is 0 Å².